The molecule has 0 radical (unpaired) electrons. The Balaban J connectivity index is 2.68. The molecule has 0 aliphatic heterocycles. The molecule has 0 spiro atoms. The van der Waals surface area contributed by atoms with Crippen LogP contribution in [-0.2, 0) is 4.74 Å². The molecule has 0 fully saturated rings. The van der Waals surface area contributed by atoms with Gasteiger partial charge in [0.25, 0.3) is 0 Å². The molecule has 2 heteroatoms. The molecule has 0 bridgehead atoms. The maximum absolute atomic E-state index is 5.29. The summed E-state index contributed by atoms with van der Waals surface area (Å²) in [7, 11) is 1.76. The first kappa shape index (κ1) is 16.2. The molecule has 1 rings (SSSR count). The van der Waals surface area contributed by atoms with E-state index in [0.29, 0.717) is 23.9 Å². The van der Waals surface area contributed by atoms with Gasteiger partial charge in [0.1, 0.15) is 0 Å². The second-order valence-corrected chi connectivity index (χ2v) is 6.02. The van der Waals surface area contributed by atoms with Crippen LogP contribution in [0.3, 0.4) is 0 Å². The highest BCUT2D eigenvalue weighted by molar-refractivity contribution is 5.26. The van der Waals surface area contributed by atoms with E-state index in [2.05, 4.69) is 64.2 Å². The van der Waals surface area contributed by atoms with E-state index in [1.165, 1.54) is 11.1 Å². The molecule has 0 aliphatic rings. The van der Waals surface area contributed by atoms with Gasteiger partial charge < -0.3 is 10.1 Å². The van der Waals surface area contributed by atoms with Crippen molar-refractivity contribution in [1.82, 2.24) is 5.32 Å². The maximum Gasteiger partial charge on any atom is 0.0618 e. The average Bonchev–Trinajstić information content (AvgIpc) is 2.38. The summed E-state index contributed by atoms with van der Waals surface area (Å²) in [4.78, 5) is 0. The number of hydrogen-bond acceptors (Lipinski definition) is 2. The van der Waals surface area contributed by atoms with Crippen LogP contribution in [0.5, 0.6) is 0 Å². The summed E-state index contributed by atoms with van der Waals surface area (Å²) < 4.78 is 5.29. The van der Waals surface area contributed by atoms with Crippen molar-refractivity contribution < 1.29 is 4.74 Å². The van der Waals surface area contributed by atoms with Crippen molar-refractivity contribution in [2.45, 2.75) is 52.6 Å². The van der Waals surface area contributed by atoms with Gasteiger partial charge in [-0.3, -0.25) is 0 Å². The third-order valence-corrected chi connectivity index (χ3v) is 3.72. The standard InChI is InChI=1S/C17H29NO/c1-12(2)15-7-9-16(10-8-15)14(5)18-17(11-19-6)13(3)4/h7-10,12-14,17-18H,11H2,1-6H3. The molecule has 108 valence electrons. The van der Waals surface area contributed by atoms with E-state index < -0.39 is 0 Å². The van der Waals surface area contributed by atoms with Crippen molar-refractivity contribution in [1.29, 1.82) is 0 Å². The highest BCUT2D eigenvalue weighted by atomic mass is 16.5. The highest BCUT2D eigenvalue weighted by Gasteiger charge is 2.16. The molecule has 0 heterocycles. The molecular formula is C17H29NO. The fourth-order valence-electron chi connectivity index (χ4n) is 2.20. The van der Waals surface area contributed by atoms with Crippen LogP contribution < -0.4 is 5.32 Å². The number of rotatable bonds is 7. The molecule has 1 N–H and O–H groups in total. The van der Waals surface area contributed by atoms with Gasteiger partial charge in [0.05, 0.1) is 6.61 Å². The maximum atomic E-state index is 5.29. The molecule has 2 nitrogen and oxygen atoms in total. The first-order chi connectivity index (χ1) is 8.95. The Bertz CT molecular complexity index is 356. The van der Waals surface area contributed by atoms with Gasteiger partial charge >= 0.3 is 0 Å². The lowest BCUT2D eigenvalue weighted by Gasteiger charge is -2.26. The van der Waals surface area contributed by atoms with Gasteiger partial charge in [-0.15, -0.1) is 0 Å². The minimum atomic E-state index is 0.351. The largest absolute Gasteiger partial charge is 0.383 e. The van der Waals surface area contributed by atoms with Crippen LogP contribution in [0.15, 0.2) is 24.3 Å². The Morgan fingerprint density at radius 1 is 0.947 bits per heavy atom. The lowest BCUT2D eigenvalue weighted by atomic mass is 9.98. The predicted octanol–water partition coefficient (Wildman–Crippen LogP) is 4.13. The number of hydrogen-bond donors (Lipinski definition) is 1. The third kappa shape index (κ3) is 4.96. The van der Waals surface area contributed by atoms with Crippen molar-refractivity contribution in [3.05, 3.63) is 35.4 Å². The fourth-order valence-corrected chi connectivity index (χ4v) is 2.20. The molecule has 0 saturated carbocycles. The van der Waals surface area contributed by atoms with E-state index in [9.17, 15) is 0 Å². The zero-order valence-electron chi connectivity index (χ0n) is 13.2. The summed E-state index contributed by atoms with van der Waals surface area (Å²) in [6, 6.07) is 9.68. The van der Waals surface area contributed by atoms with Crippen molar-refractivity contribution in [3.63, 3.8) is 0 Å². The second-order valence-electron chi connectivity index (χ2n) is 6.02. The summed E-state index contributed by atoms with van der Waals surface area (Å²) >= 11 is 0. The normalized spacial score (nSPS) is 14.9. The SMILES string of the molecule is COCC(NC(C)c1ccc(C(C)C)cc1)C(C)C. The van der Waals surface area contributed by atoms with E-state index in [1.807, 2.05) is 0 Å². The molecule has 0 aliphatic carbocycles. The number of nitrogens with one attached hydrogen (secondary N) is 1. The fraction of sp³-hybridized carbons (Fsp3) is 0.647. The average molecular weight is 263 g/mol. The lowest BCUT2D eigenvalue weighted by Crippen LogP contribution is -2.39. The van der Waals surface area contributed by atoms with Crippen LogP contribution in [0.1, 0.15) is 57.7 Å². The number of benzene rings is 1. The van der Waals surface area contributed by atoms with Gasteiger partial charge in [-0.1, -0.05) is 52.0 Å². The summed E-state index contributed by atoms with van der Waals surface area (Å²) in [5.74, 6) is 1.16. The predicted molar refractivity (Wildman–Crippen MR) is 82.6 cm³/mol. The zero-order chi connectivity index (χ0) is 14.4. The topological polar surface area (TPSA) is 21.3 Å². The van der Waals surface area contributed by atoms with E-state index in [-0.39, 0.29) is 0 Å². The van der Waals surface area contributed by atoms with Crippen LogP contribution >= 0.6 is 0 Å². The second kappa shape index (κ2) is 7.66. The lowest BCUT2D eigenvalue weighted by molar-refractivity contribution is 0.141. The first-order valence-corrected chi connectivity index (χ1v) is 7.30. The monoisotopic (exact) mass is 263 g/mol. The molecule has 1 aromatic rings. The van der Waals surface area contributed by atoms with Gasteiger partial charge in [0.2, 0.25) is 0 Å². The Labute approximate surface area is 118 Å². The van der Waals surface area contributed by atoms with Crippen molar-refractivity contribution in [2.24, 2.45) is 5.92 Å². The smallest absolute Gasteiger partial charge is 0.0618 e. The summed E-state index contributed by atoms with van der Waals surface area (Å²) in [5.41, 5.74) is 2.74. The molecular weight excluding hydrogens is 234 g/mol. The number of methoxy groups -OCH3 is 1. The first-order valence-electron chi connectivity index (χ1n) is 7.30. The summed E-state index contributed by atoms with van der Waals surface area (Å²) in [6.07, 6.45) is 0. The van der Waals surface area contributed by atoms with Crippen LogP contribution in [0.25, 0.3) is 0 Å². The van der Waals surface area contributed by atoms with Gasteiger partial charge in [-0.25, -0.2) is 0 Å². The summed E-state index contributed by atoms with van der Waals surface area (Å²) in [5, 5.41) is 3.66. The van der Waals surface area contributed by atoms with Crippen molar-refractivity contribution in [3.8, 4) is 0 Å². The van der Waals surface area contributed by atoms with E-state index >= 15 is 0 Å². The number of ether oxygens (including phenoxy) is 1. The van der Waals surface area contributed by atoms with E-state index in [0.717, 1.165) is 6.61 Å². The zero-order valence-corrected chi connectivity index (χ0v) is 13.2. The van der Waals surface area contributed by atoms with Gasteiger partial charge in [-0.05, 0) is 29.9 Å². The molecule has 2 unspecified atom stereocenters. The van der Waals surface area contributed by atoms with Crippen molar-refractivity contribution >= 4 is 0 Å². The Kier molecular flexibility index (Phi) is 6.53. The minimum Gasteiger partial charge on any atom is -0.383 e. The van der Waals surface area contributed by atoms with E-state index in [1.54, 1.807) is 7.11 Å². The van der Waals surface area contributed by atoms with Crippen LogP contribution in [0.2, 0.25) is 0 Å². The molecule has 2 atom stereocenters. The Hall–Kier alpha value is -0.860. The Morgan fingerprint density at radius 2 is 1.47 bits per heavy atom. The van der Waals surface area contributed by atoms with Crippen LogP contribution in [0.4, 0.5) is 0 Å². The van der Waals surface area contributed by atoms with Crippen LogP contribution in [-0.4, -0.2) is 19.8 Å². The van der Waals surface area contributed by atoms with Gasteiger partial charge in [0, 0.05) is 19.2 Å². The van der Waals surface area contributed by atoms with Crippen LogP contribution in [0, 0.1) is 5.92 Å². The van der Waals surface area contributed by atoms with Gasteiger partial charge in [0.15, 0.2) is 0 Å². The summed E-state index contributed by atoms with van der Waals surface area (Å²) in [6.45, 7) is 11.9. The van der Waals surface area contributed by atoms with Gasteiger partial charge in [-0.2, -0.15) is 0 Å². The molecule has 0 amide bonds. The van der Waals surface area contributed by atoms with Crippen molar-refractivity contribution in [2.75, 3.05) is 13.7 Å². The highest BCUT2D eigenvalue weighted by Crippen LogP contribution is 2.19. The molecule has 1 aromatic carbocycles. The molecule has 0 aromatic heterocycles. The molecule has 19 heavy (non-hydrogen) atoms. The Morgan fingerprint density at radius 3 is 1.89 bits per heavy atom. The molecule has 0 saturated heterocycles. The third-order valence-electron chi connectivity index (χ3n) is 3.72. The van der Waals surface area contributed by atoms with E-state index in [4.69, 9.17) is 4.74 Å². The minimum absolute atomic E-state index is 0.351. The quantitative estimate of drug-likeness (QED) is 0.798.